The van der Waals surface area contributed by atoms with Crippen LogP contribution in [0.5, 0.6) is 11.5 Å². The van der Waals surface area contributed by atoms with Gasteiger partial charge < -0.3 is 24.7 Å². The zero-order valence-corrected chi connectivity index (χ0v) is 19.2. The largest absolute Gasteiger partial charge is 0.457 e. The van der Waals surface area contributed by atoms with Crippen molar-refractivity contribution in [1.82, 2.24) is 14.5 Å². The molecule has 1 atom stereocenters. The van der Waals surface area contributed by atoms with E-state index < -0.39 is 0 Å². The fourth-order valence-corrected chi connectivity index (χ4v) is 3.96. The number of nitrogens with one attached hydrogen (secondary N) is 2. The monoisotopic (exact) mass is 457 g/mol. The van der Waals surface area contributed by atoms with Crippen LogP contribution >= 0.6 is 0 Å². The number of amides is 1. The van der Waals surface area contributed by atoms with E-state index in [2.05, 4.69) is 46.8 Å². The maximum absolute atomic E-state index is 12.3. The zero-order chi connectivity index (χ0) is 23.5. The van der Waals surface area contributed by atoms with Gasteiger partial charge in [-0.15, -0.1) is 0 Å². The topological polar surface area (TPSA) is 90.3 Å². The summed E-state index contributed by atoms with van der Waals surface area (Å²) in [6.45, 7) is 3.21. The number of imidazole rings is 1. The van der Waals surface area contributed by atoms with E-state index in [-0.39, 0.29) is 11.8 Å². The first-order valence-electron chi connectivity index (χ1n) is 11.4. The molecule has 3 heterocycles. The van der Waals surface area contributed by atoms with Crippen molar-refractivity contribution < 1.29 is 14.3 Å². The first kappa shape index (κ1) is 21.9. The van der Waals surface area contributed by atoms with Gasteiger partial charge in [0.05, 0.1) is 23.6 Å². The lowest BCUT2D eigenvalue weighted by atomic mass is 10.1. The Balaban J connectivity index is 1.31. The molecule has 0 aliphatic carbocycles. The molecule has 2 N–H and O–H groups in total. The number of nitrogens with zero attached hydrogens (tertiary/aromatic N) is 3. The number of aromatic nitrogens is 3. The smallest absolute Gasteiger partial charge is 0.231 e. The Morgan fingerprint density at radius 2 is 1.97 bits per heavy atom. The van der Waals surface area contributed by atoms with Crippen molar-refractivity contribution >= 4 is 34.4 Å². The summed E-state index contributed by atoms with van der Waals surface area (Å²) in [7, 11) is 1.98. The second-order valence-electron chi connectivity index (χ2n) is 8.35. The Morgan fingerprint density at radius 3 is 2.74 bits per heavy atom. The molecule has 0 radical (unpaired) electrons. The Labute approximate surface area is 197 Å². The highest BCUT2D eigenvalue weighted by atomic mass is 16.5. The van der Waals surface area contributed by atoms with Crippen molar-refractivity contribution in [3.05, 3.63) is 66.4 Å². The lowest BCUT2D eigenvalue weighted by Gasteiger charge is -2.10. The zero-order valence-electron chi connectivity index (χ0n) is 19.2. The Hall–Kier alpha value is -3.91. The van der Waals surface area contributed by atoms with E-state index in [1.54, 1.807) is 18.3 Å². The van der Waals surface area contributed by atoms with E-state index in [1.807, 2.05) is 29.8 Å². The summed E-state index contributed by atoms with van der Waals surface area (Å²) in [5, 5.41) is 6.23. The SMILES string of the molecule is CCc1ccc(Nc2nc3cc(Oc4ccnc(NC(=O)C5CCOC5)c4)ccc3n2C)cc1. The third-order valence-electron chi connectivity index (χ3n) is 5.99. The highest BCUT2D eigenvalue weighted by molar-refractivity contribution is 5.92. The Kier molecular flexibility index (Phi) is 6.14. The van der Waals surface area contributed by atoms with E-state index in [1.165, 1.54) is 5.56 Å². The summed E-state index contributed by atoms with van der Waals surface area (Å²) in [6.07, 6.45) is 3.35. The molecule has 0 saturated carbocycles. The molecule has 1 saturated heterocycles. The van der Waals surface area contributed by atoms with E-state index >= 15 is 0 Å². The van der Waals surface area contributed by atoms with E-state index in [4.69, 9.17) is 14.5 Å². The van der Waals surface area contributed by atoms with Crippen molar-refractivity contribution in [1.29, 1.82) is 0 Å². The third kappa shape index (κ3) is 4.72. The van der Waals surface area contributed by atoms with Gasteiger partial charge in [-0.25, -0.2) is 9.97 Å². The minimum Gasteiger partial charge on any atom is -0.457 e. The molecule has 2 aromatic heterocycles. The summed E-state index contributed by atoms with van der Waals surface area (Å²) in [6, 6.07) is 17.6. The maximum atomic E-state index is 12.3. The summed E-state index contributed by atoms with van der Waals surface area (Å²) < 4.78 is 13.3. The summed E-state index contributed by atoms with van der Waals surface area (Å²) >= 11 is 0. The standard InChI is InChI=1S/C26H27N5O3/c1-3-17-4-6-19(7-5-17)28-26-29-22-14-20(8-9-23(22)31(26)2)34-21-10-12-27-24(15-21)30-25(32)18-11-13-33-16-18/h4-10,12,14-15,18H,3,11,13,16H2,1-2H3,(H,28,29)(H,27,30,32). The molecular weight excluding hydrogens is 430 g/mol. The number of benzene rings is 2. The average molecular weight is 458 g/mol. The van der Waals surface area contributed by atoms with E-state index in [0.717, 1.165) is 35.5 Å². The molecule has 1 amide bonds. The van der Waals surface area contributed by atoms with Crippen LogP contribution in [0.25, 0.3) is 11.0 Å². The lowest BCUT2D eigenvalue weighted by Crippen LogP contribution is -2.23. The second-order valence-corrected chi connectivity index (χ2v) is 8.35. The number of carbonyl (C=O) groups is 1. The molecule has 8 heteroatoms. The van der Waals surface area contributed by atoms with Gasteiger partial charge in [0.25, 0.3) is 0 Å². The molecule has 2 aromatic carbocycles. The van der Waals surface area contributed by atoms with Crippen LogP contribution in [0, 0.1) is 5.92 Å². The van der Waals surface area contributed by atoms with Gasteiger partial charge in [-0.05, 0) is 48.7 Å². The number of aryl methyl sites for hydroxylation is 2. The molecule has 5 rings (SSSR count). The number of fused-ring (bicyclic) bond motifs is 1. The van der Waals surface area contributed by atoms with E-state index in [0.29, 0.717) is 30.5 Å². The molecule has 1 aliphatic rings. The fourth-order valence-electron chi connectivity index (χ4n) is 3.96. The van der Waals surface area contributed by atoms with Crippen LogP contribution in [0.2, 0.25) is 0 Å². The second kappa shape index (κ2) is 9.52. The van der Waals surface area contributed by atoms with Crippen LogP contribution in [0.15, 0.2) is 60.8 Å². The maximum Gasteiger partial charge on any atom is 0.231 e. The van der Waals surface area contributed by atoms with Gasteiger partial charge in [0.2, 0.25) is 11.9 Å². The van der Waals surface area contributed by atoms with Gasteiger partial charge in [-0.2, -0.15) is 0 Å². The van der Waals surface area contributed by atoms with Crippen molar-refractivity contribution in [2.75, 3.05) is 23.8 Å². The Bertz CT molecular complexity index is 1310. The van der Waals surface area contributed by atoms with Gasteiger partial charge >= 0.3 is 0 Å². The molecule has 34 heavy (non-hydrogen) atoms. The number of anilines is 3. The fraction of sp³-hybridized carbons (Fsp3) is 0.269. The first-order chi connectivity index (χ1) is 16.6. The molecule has 1 fully saturated rings. The van der Waals surface area contributed by atoms with Crippen molar-refractivity contribution in [2.45, 2.75) is 19.8 Å². The molecule has 174 valence electrons. The molecule has 8 nitrogen and oxygen atoms in total. The molecule has 0 bridgehead atoms. The van der Waals surface area contributed by atoms with Gasteiger partial charge in [0.1, 0.15) is 17.3 Å². The first-order valence-corrected chi connectivity index (χ1v) is 11.4. The normalized spacial score (nSPS) is 15.4. The molecule has 0 spiro atoms. The van der Waals surface area contributed by atoms with Gasteiger partial charge in [-0.3, -0.25) is 4.79 Å². The van der Waals surface area contributed by atoms with E-state index in [9.17, 15) is 4.79 Å². The van der Waals surface area contributed by atoms with Gasteiger partial charge in [0, 0.05) is 37.7 Å². The highest BCUT2D eigenvalue weighted by Gasteiger charge is 2.23. The molecule has 1 aliphatic heterocycles. The molecule has 4 aromatic rings. The minimum absolute atomic E-state index is 0.0820. The molecular formula is C26H27N5O3. The van der Waals surface area contributed by atoms with Crippen LogP contribution in [0.4, 0.5) is 17.5 Å². The number of carbonyl (C=O) groups excluding carboxylic acids is 1. The van der Waals surface area contributed by atoms with Gasteiger partial charge in [-0.1, -0.05) is 19.1 Å². The number of ether oxygens (including phenoxy) is 2. The summed E-state index contributed by atoms with van der Waals surface area (Å²) in [5.41, 5.74) is 4.09. The number of hydrogen-bond donors (Lipinski definition) is 2. The highest BCUT2D eigenvalue weighted by Crippen LogP contribution is 2.29. The third-order valence-corrected chi connectivity index (χ3v) is 5.99. The average Bonchev–Trinajstić information content (AvgIpc) is 3.49. The quantitative estimate of drug-likeness (QED) is 0.404. The number of pyridine rings is 1. The van der Waals surface area contributed by atoms with Crippen LogP contribution in [0.1, 0.15) is 18.9 Å². The molecule has 1 unspecified atom stereocenters. The lowest BCUT2D eigenvalue weighted by molar-refractivity contribution is -0.119. The number of hydrogen-bond acceptors (Lipinski definition) is 6. The van der Waals surface area contributed by atoms with Crippen LogP contribution in [-0.4, -0.2) is 33.7 Å². The van der Waals surface area contributed by atoms with Crippen molar-refractivity contribution in [3.63, 3.8) is 0 Å². The van der Waals surface area contributed by atoms with Crippen molar-refractivity contribution in [3.8, 4) is 11.5 Å². The summed E-state index contributed by atoms with van der Waals surface area (Å²) in [4.78, 5) is 21.3. The minimum atomic E-state index is -0.134. The van der Waals surface area contributed by atoms with Gasteiger partial charge in [0.15, 0.2) is 0 Å². The van der Waals surface area contributed by atoms with Crippen LogP contribution in [0.3, 0.4) is 0 Å². The van der Waals surface area contributed by atoms with Crippen molar-refractivity contribution in [2.24, 2.45) is 13.0 Å². The predicted octanol–water partition coefficient (Wildman–Crippen LogP) is 5.04. The Morgan fingerprint density at radius 1 is 1.15 bits per heavy atom. The summed E-state index contributed by atoms with van der Waals surface area (Å²) in [5.74, 6) is 2.22. The number of rotatable bonds is 7. The van der Waals surface area contributed by atoms with Crippen LogP contribution in [-0.2, 0) is 23.0 Å². The van der Waals surface area contributed by atoms with Crippen LogP contribution < -0.4 is 15.4 Å². The predicted molar refractivity (Wildman–Crippen MR) is 132 cm³/mol.